The SMILES string of the molecule is C=CCN1CCN(CCOC(=O)C(O)(c2ccccc2)c2ccccc2)CC1.[Cl-]. The van der Waals surface area contributed by atoms with Gasteiger partial charge in [-0.1, -0.05) is 66.7 Å². The molecule has 0 aliphatic carbocycles. The quantitative estimate of drug-likeness (QED) is 0.455. The number of esters is 1. The molecule has 5 nitrogen and oxygen atoms in total. The predicted octanol–water partition coefficient (Wildman–Crippen LogP) is -0.727. The number of hydrogen-bond donors (Lipinski definition) is 1. The maximum absolute atomic E-state index is 12.9. The van der Waals surface area contributed by atoms with Crippen LogP contribution in [0.3, 0.4) is 0 Å². The van der Waals surface area contributed by atoms with E-state index in [2.05, 4.69) is 16.4 Å². The van der Waals surface area contributed by atoms with Crippen LogP contribution < -0.4 is 12.4 Å². The van der Waals surface area contributed by atoms with E-state index >= 15 is 0 Å². The standard InChI is InChI=1S/C23H28N2O3.ClH/c1-2-13-24-14-16-25(17-15-24)18-19-28-22(26)23(27,20-9-5-3-6-10-20)21-11-7-4-8-12-21;/h2-12,27H,1,13-19H2;1H/p-1. The minimum absolute atomic E-state index is 0. The summed E-state index contributed by atoms with van der Waals surface area (Å²) in [5.74, 6) is -0.643. The third-order valence-electron chi connectivity index (χ3n) is 5.17. The summed E-state index contributed by atoms with van der Waals surface area (Å²) in [5.41, 5.74) is -0.806. The first kappa shape index (κ1) is 23.1. The summed E-state index contributed by atoms with van der Waals surface area (Å²) in [6.45, 7) is 9.44. The van der Waals surface area contributed by atoms with Crippen LogP contribution in [0.1, 0.15) is 11.1 Å². The van der Waals surface area contributed by atoms with Crippen LogP contribution in [0.15, 0.2) is 73.3 Å². The Kier molecular flexibility index (Phi) is 8.86. The Bertz CT molecular complexity index is 723. The van der Waals surface area contributed by atoms with Gasteiger partial charge >= 0.3 is 5.97 Å². The average molecular weight is 416 g/mol. The molecular weight excluding hydrogens is 388 g/mol. The van der Waals surface area contributed by atoms with E-state index in [0.717, 1.165) is 32.7 Å². The van der Waals surface area contributed by atoms with E-state index in [1.165, 1.54) is 0 Å². The lowest BCUT2D eigenvalue weighted by molar-refractivity contribution is -0.162. The van der Waals surface area contributed by atoms with Crippen molar-refractivity contribution in [2.24, 2.45) is 0 Å². The van der Waals surface area contributed by atoms with E-state index in [0.29, 0.717) is 17.7 Å². The van der Waals surface area contributed by atoms with Crippen LogP contribution in [0.25, 0.3) is 0 Å². The number of halogens is 1. The van der Waals surface area contributed by atoms with Crippen LogP contribution in [0.2, 0.25) is 0 Å². The van der Waals surface area contributed by atoms with Crippen molar-refractivity contribution in [1.29, 1.82) is 0 Å². The molecule has 1 aliphatic rings. The summed E-state index contributed by atoms with van der Waals surface area (Å²) in [4.78, 5) is 17.6. The van der Waals surface area contributed by atoms with Crippen LogP contribution >= 0.6 is 0 Å². The Morgan fingerprint density at radius 1 is 0.966 bits per heavy atom. The Labute approximate surface area is 179 Å². The number of rotatable bonds is 8. The van der Waals surface area contributed by atoms with Crippen molar-refractivity contribution >= 4 is 5.97 Å². The summed E-state index contributed by atoms with van der Waals surface area (Å²) in [6.07, 6.45) is 1.92. The molecule has 0 saturated carbocycles. The molecule has 1 saturated heterocycles. The fourth-order valence-corrected chi connectivity index (χ4v) is 3.51. The summed E-state index contributed by atoms with van der Waals surface area (Å²) < 4.78 is 5.53. The Morgan fingerprint density at radius 3 is 1.93 bits per heavy atom. The van der Waals surface area contributed by atoms with Crippen molar-refractivity contribution in [1.82, 2.24) is 9.80 Å². The third kappa shape index (κ3) is 5.67. The molecule has 2 aromatic carbocycles. The molecule has 6 heteroatoms. The minimum Gasteiger partial charge on any atom is -1.00 e. The van der Waals surface area contributed by atoms with E-state index in [-0.39, 0.29) is 19.0 Å². The fraction of sp³-hybridized carbons (Fsp3) is 0.348. The number of aliphatic hydroxyl groups is 1. The molecule has 29 heavy (non-hydrogen) atoms. The van der Waals surface area contributed by atoms with Crippen molar-refractivity contribution in [2.75, 3.05) is 45.9 Å². The number of benzene rings is 2. The largest absolute Gasteiger partial charge is 1.00 e. The first-order valence-electron chi connectivity index (χ1n) is 9.71. The van der Waals surface area contributed by atoms with Gasteiger partial charge in [0.15, 0.2) is 0 Å². The normalized spacial score (nSPS) is 15.3. The van der Waals surface area contributed by atoms with E-state index in [1.54, 1.807) is 48.5 Å². The van der Waals surface area contributed by atoms with Gasteiger partial charge in [-0.05, 0) is 11.1 Å². The first-order valence-corrected chi connectivity index (χ1v) is 9.71. The zero-order valence-corrected chi connectivity index (χ0v) is 17.3. The van der Waals surface area contributed by atoms with Gasteiger partial charge in [0.05, 0.1) is 0 Å². The lowest BCUT2D eigenvalue weighted by Gasteiger charge is -2.34. The number of carbonyl (C=O) groups excluding carboxylic acids is 1. The summed E-state index contributed by atoms with van der Waals surface area (Å²) in [6, 6.07) is 17.9. The highest BCUT2D eigenvalue weighted by Crippen LogP contribution is 2.31. The van der Waals surface area contributed by atoms with Gasteiger partial charge in [0.2, 0.25) is 5.60 Å². The molecule has 0 amide bonds. The summed E-state index contributed by atoms with van der Waals surface area (Å²) in [5, 5.41) is 11.3. The van der Waals surface area contributed by atoms with Gasteiger partial charge in [-0.15, -0.1) is 6.58 Å². The van der Waals surface area contributed by atoms with Crippen molar-refractivity contribution in [3.8, 4) is 0 Å². The molecule has 1 fully saturated rings. The van der Waals surface area contributed by atoms with Crippen molar-refractivity contribution < 1.29 is 27.0 Å². The lowest BCUT2D eigenvalue weighted by Crippen LogP contribution is -3.00. The molecule has 0 bridgehead atoms. The van der Waals surface area contributed by atoms with Gasteiger partial charge in [-0.3, -0.25) is 9.80 Å². The maximum Gasteiger partial charge on any atom is 0.347 e. The summed E-state index contributed by atoms with van der Waals surface area (Å²) in [7, 11) is 0. The molecule has 3 rings (SSSR count). The maximum atomic E-state index is 12.9. The van der Waals surface area contributed by atoms with Gasteiger partial charge in [0, 0.05) is 39.3 Å². The summed E-state index contributed by atoms with van der Waals surface area (Å²) >= 11 is 0. The second kappa shape index (κ2) is 11.1. The highest BCUT2D eigenvalue weighted by molar-refractivity contribution is 5.85. The average Bonchev–Trinajstić information content (AvgIpc) is 2.75. The monoisotopic (exact) mass is 415 g/mol. The Morgan fingerprint density at radius 2 is 1.45 bits per heavy atom. The third-order valence-corrected chi connectivity index (χ3v) is 5.17. The van der Waals surface area contributed by atoms with Gasteiger partial charge < -0.3 is 22.3 Å². The fourth-order valence-electron chi connectivity index (χ4n) is 3.51. The number of piperazine rings is 1. The molecule has 156 valence electrons. The highest BCUT2D eigenvalue weighted by Gasteiger charge is 2.41. The van der Waals surface area contributed by atoms with Crippen LogP contribution in [0.4, 0.5) is 0 Å². The molecule has 0 unspecified atom stereocenters. The van der Waals surface area contributed by atoms with Crippen molar-refractivity contribution in [3.05, 3.63) is 84.4 Å². The van der Waals surface area contributed by atoms with E-state index in [4.69, 9.17) is 4.74 Å². The second-order valence-electron chi connectivity index (χ2n) is 7.01. The van der Waals surface area contributed by atoms with Gasteiger partial charge in [0.1, 0.15) is 6.61 Å². The second-order valence-corrected chi connectivity index (χ2v) is 7.01. The first-order chi connectivity index (χ1) is 13.6. The molecule has 0 radical (unpaired) electrons. The molecule has 0 atom stereocenters. The topological polar surface area (TPSA) is 53.0 Å². The Balaban J connectivity index is 0.00000300. The van der Waals surface area contributed by atoms with Gasteiger partial charge in [-0.2, -0.15) is 0 Å². The molecular formula is C23H28ClN2O3-. The highest BCUT2D eigenvalue weighted by atomic mass is 35.5. The van der Waals surface area contributed by atoms with Gasteiger partial charge in [-0.25, -0.2) is 4.79 Å². The molecule has 1 heterocycles. The van der Waals surface area contributed by atoms with Crippen molar-refractivity contribution in [2.45, 2.75) is 5.60 Å². The molecule has 1 N–H and O–H groups in total. The van der Waals surface area contributed by atoms with Crippen LogP contribution in [-0.4, -0.2) is 66.8 Å². The number of carbonyl (C=O) groups is 1. The van der Waals surface area contributed by atoms with Crippen LogP contribution in [0, 0.1) is 0 Å². The number of nitrogens with zero attached hydrogens (tertiary/aromatic N) is 2. The predicted molar refractivity (Wildman–Crippen MR) is 110 cm³/mol. The number of hydrogen-bond acceptors (Lipinski definition) is 5. The molecule has 0 aromatic heterocycles. The van der Waals surface area contributed by atoms with Gasteiger partial charge in [0.25, 0.3) is 0 Å². The van der Waals surface area contributed by atoms with E-state index in [1.807, 2.05) is 18.2 Å². The van der Waals surface area contributed by atoms with E-state index in [9.17, 15) is 9.90 Å². The van der Waals surface area contributed by atoms with Crippen LogP contribution in [0.5, 0.6) is 0 Å². The lowest BCUT2D eigenvalue weighted by atomic mass is 9.86. The molecule has 1 aliphatic heterocycles. The van der Waals surface area contributed by atoms with E-state index < -0.39 is 11.6 Å². The van der Waals surface area contributed by atoms with Crippen LogP contribution in [-0.2, 0) is 15.1 Å². The van der Waals surface area contributed by atoms with Crippen molar-refractivity contribution in [3.63, 3.8) is 0 Å². The zero-order valence-electron chi connectivity index (χ0n) is 16.5. The zero-order chi connectivity index (χ0) is 19.8. The molecule has 0 spiro atoms. The number of ether oxygens (including phenoxy) is 1. The minimum atomic E-state index is -1.81. The molecule has 2 aromatic rings. The smallest absolute Gasteiger partial charge is 0.347 e. The Hall–Kier alpha value is -2.18.